The topological polar surface area (TPSA) is 63.0 Å². The third-order valence-electron chi connectivity index (χ3n) is 3.60. The van der Waals surface area contributed by atoms with E-state index in [0.717, 1.165) is 0 Å². The second-order valence-electron chi connectivity index (χ2n) is 4.88. The number of benzene rings is 2. The fourth-order valence-electron chi connectivity index (χ4n) is 2.54. The number of carbonyl (C=O) groups excluding carboxylic acids is 1. The third kappa shape index (κ3) is 2.51. The smallest absolute Gasteiger partial charge is 0.337 e. The SMILES string of the molecule is COC(=O)c1ccc2c(C#N)cc(F)c(-c3ccncc3)c2c1. The highest BCUT2D eigenvalue weighted by Crippen LogP contribution is 2.34. The van der Waals surface area contributed by atoms with Crippen molar-refractivity contribution in [1.29, 1.82) is 5.26 Å². The molecule has 0 radical (unpaired) electrons. The number of fused-ring (bicyclic) bond motifs is 1. The maximum Gasteiger partial charge on any atom is 0.337 e. The lowest BCUT2D eigenvalue weighted by Crippen LogP contribution is -2.01. The molecular formula is C18H11FN2O2. The minimum Gasteiger partial charge on any atom is -0.465 e. The van der Waals surface area contributed by atoms with E-state index in [0.29, 0.717) is 27.5 Å². The summed E-state index contributed by atoms with van der Waals surface area (Å²) in [5, 5.41) is 10.3. The van der Waals surface area contributed by atoms with E-state index in [9.17, 15) is 14.4 Å². The minimum atomic E-state index is -0.526. The molecule has 0 aliphatic rings. The van der Waals surface area contributed by atoms with Crippen molar-refractivity contribution in [3.05, 3.63) is 65.7 Å². The molecule has 3 rings (SSSR count). The van der Waals surface area contributed by atoms with E-state index in [1.54, 1.807) is 42.7 Å². The van der Waals surface area contributed by atoms with E-state index in [2.05, 4.69) is 4.98 Å². The highest BCUT2D eigenvalue weighted by Gasteiger charge is 2.16. The summed E-state index contributed by atoms with van der Waals surface area (Å²) in [6.45, 7) is 0. The van der Waals surface area contributed by atoms with Crippen LogP contribution in [0.4, 0.5) is 4.39 Å². The number of nitrogens with zero attached hydrogens (tertiary/aromatic N) is 2. The Hall–Kier alpha value is -3.26. The quantitative estimate of drug-likeness (QED) is 0.677. The number of nitriles is 1. The van der Waals surface area contributed by atoms with Crippen molar-refractivity contribution in [3.8, 4) is 17.2 Å². The van der Waals surface area contributed by atoms with Crippen LogP contribution in [0.2, 0.25) is 0 Å². The van der Waals surface area contributed by atoms with Gasteiger partial charge in [0, 0.05) is 23.3 Å². The molecule has 5 heteroatoms. The summed E-state index contributed by atoms with van der Waals surface area (Å²) in [4.78, 5) is 15.7. The lowest BCUT2D eigenvalue weighted by Gasteiger charge is -2.11. The Balaban J connectivity index is 2.40. The van der Waals surface area contributed by atoms with Gasteiger partial charge in [0.1, 0.15) is 5.82 Å². The molecule has 0 spiro atoms. The summed E-state index contributed by atoms with van der Waals surface area (Å²) < 4.78 is 19.3. The molecule has 23 heavy (non-hydrogen) atoms. The van der Waals surface area contributed by atoms with Gasteiger partial charge in [0.05, 0.1) is 24.3 Å². The first-order chi connectivity index (χ1) is 11.2. The molecular weight excluding hydrogens is 295 g/mol. The number of hydrogen-bond donors (Lipinski definition) is 0. The van der Waals surface area contributed by atoms with Crippen LogP contribution in [0.5, 0.6) is 0 Å². The van der Waals surface area contributed by atoms with Gasteiger partial charge in [-0.2, -0.15) is 5.26 Å². The maximum absolute atomic E-state index is 14.6. The second-order valence-corrected chi connectivity index (χ2v) is 4.88. The first-order valence-corrected chi connectivity index (χ1v) is 6.80. The minimum absolute atomic E-state index is 0.215. The molecule has 0 atom stereocenters. The van der Waals surface area contributed by atoms with Crippen molar-refractivity contribution in [1.82, 2.24) is 4.98 Å². The Bertz CT molecular complexity index is 947. The van der Waals surface area contributed by atoms with Crippen LogP contribution >= 0.6 is 0 Å². The van der Waals surface area contributed by atoms with Crippen LogP contribution < -0.4 is 0 Å². The Labute approximate surface area is 131 Å². The monoisotopic (exact) mass is 306 g/mol. The number of carbonyl (C=O) groups is 1. The number of pyridine rings is 1. The van der Waals surface area contributed by atoms with Gasteiger partial charge in [-0.25, -0.2) is 9.18 Å². The van der Waals surface area contributed by atoms with E-state index in [4.69, 9.17) is 4.74 Å². The number of aromatic nitrogens is 1. The Morgan fingerprint density at radius 1 is 1.17 bits per heavy atom. The van der Waals surface area contributed by atoms with Crippen LogP contribution in [0.15, 0.2) is 48.8 Å². The van der Waals surface area contributed by atoms with E-state index in [1.807, 2.05) is 6.07 Å². The van der Waals surface area contributed by atoms with E-state index < -0.39 is 11.8 Å². The number of ether oxygens (including phenoxy) is 1. The average Bonchev–Trinajstić information content (AvgIpc) is 2.60. The lowest BCUT2D eigenvalue weighted by atomic mass is 9.94. The molecule has 1 heterocycles. The molecule has 0 unspecified atom stereocenters. The van der Waals surface area contributed by atoms with Gasteiger partial charge in [-0.05, 0) is 41.3 Å². The molecule has 0 bridgehead atoms. The second kappa shape index (κ2) is 5.85. The number of esters is 1. The Morgan fingerprint density at radius 2 is 1.91 bits per heavy atom. The molecule has 0 aliphatic heterocycles. The van der Waals surface area contributed by atoms with Crippen molar-refractivity contribution >= 4 is 16.7 Å². The number of methoxy groups -OCH3 is 1. The van der Waals surface area contributed by atoms with Crippen LogP contribution in [-0.4, -0.2) is 18.1 Å². The molecule has 4 nitrogen and oxygen atoms in total. The summed E-state index contributed by atoms with van der Waals surface area (Å²) >= 11 is 0. The van der Waals surface area contributed by atoms with Gasteiger partial charge in [-0.1, -0.05) is 6.07 Å². The summed E-state index contributed by atoms with van der Waals surface area (Å²) in [5.41, 5.74) is 1.46. The molecule has 0 saturated heterocycles. The van der Waals surface area contributed by atoms with Gasteiger partial charge in [0.15, 0.2) is 0 Å². The predicted octanol–water partition coefficient (Wildman–Crippen LogP) is 3.70. The first-order valence-electron chi connectivity index (χ1n) is 6.80. The molecule has 0 aliphatic carbocycles. The van der Waals surface area contributed by atoms with Gasteiger partial charge in [0.2, 0.25) is 0 Å². The number of hydrogen-bond acceptors (Lipinski definition) is 4. The molecule has 0 saturated carbocycles. The molecule has 0 amide bonds. The number of rotatable bonds is 2. The van der Waals surface area contributed by atoms with Gasteiger partial charge in [-0.15, -0.1) is 0 Å². The summed E-state index contributed by atoms with van der Waals surface area (Å²) in [6.07, 6.45) is 3.12. The highest BCUT2D eigenvalue weighted by atomic mass is 19.1. The van der Waals surface area contributed by atoms with Crippen LogP contribution in [0.25, 0.3) is 21.9 Å². The van der Waals surface area contributed by atoms with Gasteiger partial charge in [-0.3, -0.25) is 4.98 Å². The van der Waals surface area contributed by atoms with E-state index >= 15 is 0 Å². The highest BCUT2D eigenvalue weighted by molar-refractivity contribution is 6.04. The molecule has 3 aromatic rings. The summed E-state index contributed by atoms with van der Waals surface area (Å²) in [5.74, 6) is -1.04. The Morgan fingerprint density at radius 3 is 2.57 bits per heavy atom. The van der Waals surface area contributed by atoms with Gasteiger partial charge >= 0.3 is 5.97 Å². The largest absolute Gasteiger partial charge is 0.465 e. The number of halogens is 1. The predicted molar refractivity (Wildman–Crippen MR) is 83.2 cm³/mol. The third-order valence-corrected chi connectivity index (χ3v) is 3.60. The van der Waals surface area contributed by atoms with E-state index in [1.165, 1.54) is 13.2 Å². The zero-order valence-corrected chi connectivity index (χ0v) is 12.2. The Kier molecular flexibility index (Phi) is 3.73. The van der Waals surface area contributed by atoms with Crippen molar-refractivity contribution in [2.75, 3.05) is 7.11 Å². The van der Waals surface area contributed by atoms with Crippen molar-refractivity contribution in [3.63, 3.8) is 0 Å². The normalized spacial score (nSPS) is 10.3. The van der Waals surface area contributed by atoms with Crippen LogP contribution in [0, 0.1) is 17.1 Å². The van der Waals surface area contributed by atoms with Crippen LogP contribution in [0.1, 0.15) is 15.9 Å². The lowest BCUT2D eigenvalue weighted by molar-refractivity contribution is 0.0601. The van der Waals surface area contributed by atoms with E-state index in [-0.39, 0.29) is 5.56 Å². The fourth-order valence-corrected chi connectivity index (χ4v) is 2.54. The first kappa shape index (κ1) is 14.7. The molecule has 1 aromatic heterocycles. The van der Waals surface area contributed by atoms with Gasteiger partial charge in [0.25, 0.3) is 0 Å². The maximum atomic E-state index is 14.6. The molecule has 0 fully saturated rings. The molecule has 2 aromatic carbocycles. The molecule has 112 valence electrons. The van der Waals surface area contributed by atoms with Crippen molar-refractivity contribution in [2.24, 2.45) is 0 Å². The fraction of sp³-hybridized carbons (Fsp3) is 0.0556. The standard InChI is InChI=1S/C18H11FN2O2/c1-23-18(22)12-2-3-14-13(10-20)9-16(19)17(15(14)8-12)11-4-6-21-7-5-11/h2-9H,1H3. The average molecular weight is 306 g/mol. The zero-order chi connectivity index (χ0) is 16.4. The van der Waals surface area contributed by atoms with Crippen molar-refractivity contribution in [2.45, 2.75) is 0 Å². The summed E-state index contributed by atoms with van der Waals surface area (Å²) in [6, 6.07) is 11.3. The van der Waals surface area contributed by atoms with Crippen LogP contribution in [0.3, 0.4) is 0 Å². The molecule has 0 N–H and O–H groups in total. The van der Waals surface area contributed by atoms with Gasteiger partial charge < -0.3 is 4.74 Å². The van der Waals surface area contributed by atoms with Crippen molar-refractivity contribution < 1.29 is 13.9 Å². The van der Waals surface area contributed by atoms with Crippen LogP contribution in [-0.2, 0) is 4.74 Å². The summed E-state index contributed by atoms with van der Waals surface area (Å²) in [7, 11) is 1.28. The zero-order valence-electron chi connectivity index (χ0n) is 12.2.